The van der Waals surface area contributed by atoms with Crippen LogP contribution in [0.5, 0.6) is 0 Å². The van der Waals surface area contributed by atoms with E-state index in [1.165, 1.54) is 6.92 Å². The predicted molar refractivity (Wildman–Crippen MR) is 120 cm³/mol. The van der Waals surface area contributed by atoms with Crippen molar-refractivity contribution < 1.29 is 4.79 Å². The number of hydrogen-bond donors (Lipinski definition) is 0. The minimum Gasteiger partial charge on any atom is -0.295 e. The van der Waals surface area contributed by atoms with Gasteiger partial charge in [-0.3, -0.25) is 9.69 Å². The number of rotatable bonds is 4. The third-order valence-electron chi connectivity index (χ3n) is 4.59. The summed E-state index contributed by atoms with van der Waals surface area (Å²) in [6.07, 6.45) is -0.381. The molecular formula is C22H16Cl3N3O. The van der Waals surface area contributed by atoms with E-state index in [2.05, 4.69) is 5.10 Å². The molecular weight excluding hydrogens is 429 g/mol. The lowest BCUT2D eigenvalue weighted by Gasteiger charge is -2.32. The molecule has 0 aliphatic carbocycles. The number of Topliss-reactive ketones (excluding diaryl/α,β-unsaturated/α-hetero) is 1. The van der Waals surface area contributed by atoms with Crippen LogP contribution in [0, 0.1) is 0 Å². The van der Waals surface area contributed by atoms with Crippen LogP contribution in [0.3, 0.4) is 0 Å². The number of anilines is 2. The molecule has 0 amide bonds. The van der Waals surface area contributed by atoms with Gasteiger partial charge in [0.2, 0.25) is 0 Å². The van der Waals surface area contributed by atoms with E-state index in [0.717, 1.165) is 16.9 Å². The van der Waals surface area contributed by atoms with E-state index >= 15 is 0 Å². The average molecular weight is 445 g/mol. The van der Waals surface area contributed by atoms with Gasteiger partial charge in [-0.15, -0.1) is 5.10 Å². The lowest BCUT2D eigenvalue weighted by atomic mass is 10.1. The van der Waals surface area contributed by atoms with Crippen molar-refractivity contribution in [1.82, 2.24) is 0 Å². The number of hydrazone groups is 1. The molecule has 1 heterocycles. The summed E-state index contributed by atoms with van der Waals surface area (Å²) in [7, 11) is 0. The molecule has 3 aromatic carbocycles. The van der Waals surface area contributed by atoms with Gasteiger partial charge in [0.05, 0.1) is 5.69 Å². The first-order valence-corrected chi connectivity index (χ1v) is 10.0. The first-order valence-electron chi connectivity index (χ1n) is 8.88. The minimum atomic E-state index is -0.381. The Labute approximate surface area is 183 Å². The van der Waals surface area contributed by atoms with Gasteiger partial charge in [0, 0.05) is 27.7 Å². The Morgan fingerprint density at radius 2 is 1.21 bits per heavy atom. The number of ketones is 1. The van der Waals surface area contributed by atoms with E-state index in [0.29, 0.717) is 20.9 Å². The van der Waals surface area contributed by atoms with Crippen LogP contribution in [0.2, 0.25) is 15.1 Å². The van der Waals surface area contributed by atoms with Crippen LogP contribution in [0.15, 0.2) is 77.9 Å². The van der Waals surface area contributed by atoms with Gasteiger partial charge in [-0.05, 0) is 66.2 Å². The topological polar surface area (TPSA) is 35.9 Å². The van der Waals surface area contributed by atoms with Crippen molar-refractivity contribution in [3.8, 4) is 0 Å². The maximum Gasteiger partial charge on any atom is 0.198 e. The number of halogens is 3. The fourth-order valence-electron chi connectivity index (χ4n) is 3.25. The molecule has 7 heteroatoms. The molecule has 1 aliphatic rings. The van der Waals surface area contributed by atoms with E-state index in [-0.39, 0.29) is 11.9 Å². The van der Waals surface area contributed by atoms with Gasteiger partial charge in [-0.25, -0.2) is 5.01 Å². The monoisotopic (exact) mass is 443 g/mol. The Morgan fingerprint density at radius 3 is 1.69 bits per heavy atom. The fourth-order valence-corrected chi connectivity index (χ4v) is 3.63. The highest BCUT2D eigenvalue weighted by molar-refractivity contribution is 6.44. The second-order valence-electron chi connectivity index (χ2n) is 6.57. The SMILES string of the molecule is CC(=O)C1=NN(c2ccc(Cl)cc2)[C@H](c2ccc(Cl)cc2)N1c1ccc(Cl)cc1. The average Bonchev–Trinajstić information content (AvgIpc) is 3.10. The van der Waals surface area contributed by atoms with Crippen LogP contribution in [-0.4, -0.2) is 11.6 Å². The lowest BCUT2D eigenvalue weighted by molar-refractivity contribution is -0.111. The molecule has 0 bridgehead atoms. The van der Waals surface area contributed by atoms with Crippen LogP contribution in [-0.2, 0) is 4.79 Å². The molecule has 0 unspecified atom stereocenters. The van der Waals surface area contributed by atoms with E-state index < -0.39 is 0 Å². The number of amidine groups is 1. The highest BCUT2D eigenvalue weighted by Gasteiger charge is 2.39. The Morgan fingerprint density at radius 1 is 0.759 bits per heavy atom. The summed E-state index contributed by atoms with van der Waals surface area (Å²) in [6, 6.07) is 22.2. The summed E-state index contributed by atoms with van der Waals surface area (Å²) in [5, 5.41) is 8.35. The van der Waals surface area contributed by atoms with Gasteiger partial charge in [-0.2, -0.15) is 0 Å². The van der Waals surface area contributed by atoms with Gasteiger partial charge in [0.1, 0.15) is 0 Å². The number of hydrogen-bond acceptors (Lipinski definition) is 4. The first kappa shape index (κ1) is 19.8. The number of nitrogens with zero attached hydrogens (tertiary/aromatic N) is 3. The molecule has 0 saturated carbocycles. The summed E-state index contributed by atoms with van der Waals surface area (Å²) in [5.74, 6) is 0.192. The second-order valence-corrected chi connectivity index (χ2v) is 7.88. The Hall–Kier alpha value is -2.53. The van der Waals surface area contributed by atoms with Crippen LogP contribution in [0.4, 0.5) is 11.4 Å². The maximum atomic E-state index is 12.5. The van der Waals surface area contributed by atoms with E-state index in [1.54, 1.807) is 24.3 Å². The van der Waals surface area contributed by atoms with Crippen molar-refractivity contribution in [2.24, 2.45) is 5.10 Å². The molecule has 1 atom stereocenters. The van der Waals surface area contributed by atoms with E-state index in [4.69, 9.17) is 34.8 Å². The van der Waals surface area contributed by atoms with Gasteiger partial charge in [0.25, 0.3) is 0 Å². The van der Waals surface area contributed by atoms with Crippen LogP contribution in [0.25, 0.3) is 0 Å². The van der Waals surface area contributed by atoms with Crippen molar-refractivity contribution in [1.29, 1.82) is 0 Å². The van der Waals surface area contributed by atoms with Gasteiger partial charge in [-0.1, -0.05) is 46.9 Å². The summed E-state index contributed by atoms with van der Waals surface area (Å²) >= 11 is 18.2. The first-order chi connectivity index (χ1) is 13.9. The molecule has 0 N–H and O–H groups in total. The van der Waals surface area contributed by atoms with Crippen molar-refractivity contribution in [3.05, 3.63) is 93.4 Å². The predicted octanol–water partition coefficient (Wildman–Crippen LogP) is 6.57. The molecule has 0 spiro atoms. The fraction of sp³-hybridized carbons (Fsp3) is 0.0909. The number of benzene rings is 3. The zero-order valence-corrected chi connectivity index (χ0v) is 17.7. The molecule has 0 radical (unpaired) electrons. The van der Waals surface area contributed by atoms with Crippen molar-refractivity contribution in [2.75, 3.05) is 9.91 Å². The van der Waals surface area contributed by atoms with Crippen LogP contribution in [0.1, 0.15) is 18.7 Å². The third kappa shape index (κ3) is 3.97. The summed E-state index contributed by atoms with van der Waals surface area (Å²) in [4.78, 5) is 14.4. The number of carbonyl (C=O) groups is 1. The van der Waals surface area contributed by atoms with Crippen LogP contribution < -0.4 is 9.91 Å². The molecule has 1 aliphatic heterocycles. The standard InChI is InChI=1S/C22H16Cl3N3O/c1-14(29)21-26-28(20-12-8-18(25)9-13-20)22(15-2-4-16(23)5-3-15)27(21)19-10-6-17(24)7-11-19/h2-13,22H,1H3/t22-/m1/s1. The smallest absolute Gasteiger partial charge is 0.198 e. The quantitative estimate of drug-likeness (QED) is 0.456. The lowest BCUT2D eigenvalue weighted by Crippen LogP contribution is -2.37. The van der Waals surface area contributed by atoms with E-state index in [9.17, 15) is 4.79 Å². The molecule has 4 rings (SSSR count). The molecule has 146 valence electrons. The Kier molecular flexibility index (Phi) is 5.50. The third-order valence-corrected chi connectivity index (χ3v) is 5.34. The molecule has 0 fully saturated rings. The van der Waals surface area contributed by atoms with E-state index in [1.807, 2.05) is 58.4 Å². The van der Waals surface area contributed by atoms with Crippen molar-refractivity contribution in [3.63, 3.8) is 0 Å². The molecule has 3 aromatic rings. The Bertz CT molecular complexity index is 1060. The highest BCUT2D eigenvalue weighted by Crippen LogP contribution is 2.39. The summed E-state index contributed by atoms with van der Waals surface area (Å²) in [6.45, 7) is 1.51. The van der Waals surface area contributed by atoms with Gasteiger partial charge >= 0.3 is 0 Å². The maximum absolute atomic E-state index is 12.5. The molecule has 0 aromatic heterocycles. The Balaban J connectivity index is 1.89. The van der Waals surface area contributed by atoms with Gasteiger partial charge in [0.15, 0.2) is 17.8 Å². The zero-order valence-electron chi connectivity index (χ0n) is 15.4. The van der Waals surface area contributed by atoms with Crippen molar-refractivity contribution in [2.45, 2.75) is 13.1 Å². The zero-order chi connectivity index (χ0) is 20.5. The normalized spacial score (nSPS) is 16.1. The molecule has 29 heavy (non-hydrogen) atoms. The number of carbonyl (C=O) groups excluding carboxylic acids is 1. The summed E-state index contributed by atoms with van der Waals surface area (Å²) in [5.41, 5.74) is 2.55. The molecule has 4 nitrogen and oxygen atoms in total. The molecule has 0 saturated heterocycles. The highest BCUT2D eigenvalue weighted by atomic mass is 35.5. The van der Waals surface area contributed by atoms with Gasteiger partial charge < -0.3 is 0 Å². The minimum absolute atomic E-state index is 0.143. The van der Waals surface area contributed by atoms with Crippen LogP contribution >= 0.6 is 34.8 Å². The van der Waals surface area contributed by atoms with Crippen molar-refractivity contribution >= 4 is 57.8 Å². The second kappa shape index (κ2) is 8.07. The summed E-state index contributed by atoms with van der Waals surface area (Å²) < 4.78 is 0. The largest absolute Gasteiger partial charge is 0.295 e.